The van der Waals surface area contributed by atoms with Crippen molar-refractivity contribution in [3.63, 3.8) is 0 Å². The van der Waals surface area contributed by atoms with Crippen LogP contribution in [0.1, 0.15) is 30.7 Å². The molecule has 112 valence electrons. The maximum Gasteiger partial charge on any atom is 0.246 e. The van der Waals surface area contributed by atoms with E-state index in [2.05, 4.69) is 29.5 Å². The number of aromatic nitrogens is 3. The topological polar surface area (TPSA) is 85.8 Å². The van der Waals surface area contributed by atoms with Crippen LogP contribution in [0, 0.1) is 0 Å². The standard InChI is InChI=1S/C15H21N5O/c1-3-11-6-5-7-12(4-2)15(11)17-14(21)10-20-9-13(8-16)18-19-20/h5-7,9H,3-4,8,10,16H2,1-2H3,(H,17,21). The van der Waals surface area contributed by atoms with Crippen molar-refractivity contribution < 1.29 is 4.79 Å². The van der Waals surface area contributed by atoms with Crippen molar-refractivity contribution >= 4 is 11.6 Å². The Hall–Kier alpha value is -2.21. The number of benzene rings is 1. The van der Waals surface area contributed by atoms with E-state index in [9.17, 15) is 4.79 Å². The number of carbonyl (C=O) groups is 1. The van der Waals surface area contributed by atoms with E-state index in [1.165, 1.54) is 4.68 Å². The molecule has 21 heavy (non-hydrogen) atoms. The molecule has 0 aliphatic rings. The van der Waals surface area contributed by atoms with E-state index in [-0.39, 0.29) is 12.5 Å². The number of rotatable bonds is 6. The Bertz CT molecular complexity index is 598. The van der Waals surface area contributed by atoms with Gasteiger partial charge in [0.2, 0.25) is 5.91 Å². The first-order chi connectivity index (χ1) is 10.2. The lowest BCUT2D eigenvalue weighted by Gasteiger charge is -2.14. The zero-order valence-corrected chi connectivity index (χ0v) is 12.5. The fourth-order valence-corrected chi connectivity index (χ4v) is 2.24. The molecule has 0 fully saturated rings. The van der Waals surface area contributed by atoms with Crippen molar-refractivity contribution in [2.24, 2.45) is 5.73 Å². The van der Waals surface area contributed by atoms with Crippen LogP contribution in [0.2, 0.25) is 0 Å². The van der Waals surface area contributed by atoms with Crippen molar-refractivity contribution in [2.75, 3.05) is 5.32 Å². The van der Waals surface area contributed by atoms with Gasteiger partial charge in [0.1, 0.15) is 6.54 Å². The van der Waals surface area contributed by atoms with E-state index in [0.717, 1.165) is 29.7 Å². The Morgan fingerprint density at radius 1 is 1.29 bits per heavy atom. The predicted molar refractivity (Wildman–Crippen MR) is 81.7 cm³/mol. The normalized spacial score (nSPS) is 10.6. The van der Waals surface area contributed by atoms with Gasteiger partial charge in [0, 0.05) is 12.2 Å². The molecule has 1 aromatic heterocycles. The molecule has 0 unspecified atom stereocenters. The van der Waals surface area contributed by atoms with Gasteiger partial charge in [-0.25, -0.2) is 4.68 Å². The zero-order valence-electron chi connectivity index (χ0n) is 12.5. The van der Waals surface area contributed by atoms with Crippen LogP contribution in [0.5, 0.6) is 0 Å². The third kappa shape index (κ3) is 3.66. The number of nitrogens with zero attached hydrogens (tertiary/aromatic N) is 3. The molecule has 1 aromatic carbocycles. The van der Waals surface area contributed by atoms with Crippen molar-refractivity contribution in [1.82, 2.24) is 15.0 Å². The van der Waals surface area contributed by atoms with Crippen LogP contribution >= 0.6 is 0 Å². The fraction of sp³-hybridized carbons (Fsp3) is 0.400. The van der Waals surface area contributed by atoms with Crippen LogP contribution in [0.15, 0.2) is 24.4 Å². The molecule has 0 aliphatic heterocycles. The lowest BCUT2D eigenvalue weighted by molar-refractivity contribution is -0.116. The Morgan fingerprint density at radius 2 is 1.95 bits per heavy atom. The van der Waals surface area contributed by atoms with Crippen molar-refractivity contribution in [2.45, 2.75) is 39.8 Å². The molecule has 2 aromatic rings. The van der Waals surface area contributed by atoms with Gasteiger partial charge >= 0.3 is 0 Å². The van der Waals surface area contributed by atoms with E-state index >= 15 is 0 Å². The molecule has 2 rings (SSSR count). The summed E-state index contributed by atoms with van der Waals surface area (Å²) >= 11 is 0. The highest BCUT2D eigenvalue weighted by Gasteiger charge is 2.11. The van der Waals surface area contributed by atoms with Crippen LogP contribution in [0.25, 0.3) is 0 Å². The van der Waals surface area contributed by atoms with Gasteiger partial charge in [-0.05, 0) is 24.0 Å². The first kappa shape index (κ1) is 15.2. The molecular formula is C15H21N5O. The van der Waals surface area contributed by atoms with Gasteiger partial charge in [-0.3, -0.25) is 4.79 Å². The van der Waals surface area contributed by atoms with Gasteiger partial charge in [-0.2, -0.15) is 0 Å². The fourth-order valence-electron chi connectivity index (χ4n) is 2.24. The van der Waals surface area contributed by atoms with Crippen LogP contribution < -0.4 is 11.1 Å². The lowest BCUT2D eigenvalue weighted by Crippen LogP contribution is -2.20. The number of carbonyl (C=O) groups excluding carboxylic acids is 1. The number of para-hydroxylation sites is 1. The molecule has 0 saturated carbocycles. The zero-order chi connectivity index (χ0) is 15.2. The van der Waals surface area contributed by atoms with Gasteiger partial charge < -0.3 is 11.1 Å². The number of hydrogen-bond donors (Lipinski definition) is 2. The highest BCUT2D eigenvalue weighted by Crippen LogP contribution is 2.22. The number of hydrogen-bond acceptors (Lipinski definition) is 4. The molecule has 0 spiro atoms. The Morgan fingerprint density at radius 3 is 2.48 bits per heavy atom. The summed E-state index contributed by atoms with van der Waals surface area (Å²) in [5.74, 6) is -0.112. The van der Waals surface area contributed by atoms with Crippen molar-refractivity contribution in [1.29, 1.82) is 0 Å². The van der Waals surface area contributed by atoms with Gasteiger partial charge in [-0.1, -0.05) is 37.3 Å². The van der Waals surface area contributed by atoms with E-state index in [0.29, 0.717) is 12.2 Å². The summed E-state index contributed by atoms with van der Waals surface area (Å²) in [6.07, 6.45) is 3.44. The third-order valence-corrected chi connectivity index (χ3v) is 3.36. The maximum absolute atomic E-state index is 12.2. The van der Waals surface area contributed by atoms with Gasteiger partial charge in [0.25, 0.3) is 0 Å². The smallest absolute Gasteiger partial charge is 0.246 e. The molecule has 0 saturated heterocycles. The molecule has 1 heterocycles. The highest BCUT2D eigenvalue weighted by atomic mass is 16.2. The molecule has 3 N–H and O–H groups in total. The van der Waals surface area contributed by atoms with Crippen LogP contribution in [-0.4, -0.2) is 20.9 Å². The maximum atomic E-state index is 12.2. The summed E-state index contributed by atoms with van der Waals surface area (Å²) in [5, 5.41) is 10.7. The average Bonchev–Trinajstić information content (AvgIpc) is 2.94. The molecule has 0 radical (unpaired) electrons. The molecule has 0 aliphatic carbocycles. The Labute approximate surface area is 124 Å². The molecular weight excluding hydrogens is 266 g/mol. The van der Waals surface area contributed by atoms with E-state index in [1.54, 1.807) is 6.20 Å². The minimum absolute atomic E-state index is 0.112. The van der Waals surface area contributed by atoms with Gasteiger partial charge in [0.05, 0.1) is 11.9 Å². The predicted octanol–water partition coefficient (Wildman–Crippen LogP) is 1.50. The number of nitrogens with two attached hydrogens (primary N) is 1. The molecule has 6 nitrogen and oxygen atoms in total. The summed E-state index contributed by atoms with van der Waals surface area (Å²) in [7, 11) is 0. The van der Waals surface area contributed by atoms with Crippen molar-refractivity contribution in [3.05, 3.63) is 41.2 Å². The quantitative estimate of drug-likeness (QED) is 0.843. The van der Waals surface area contributed by atoms with Crippen molar-refractivity contribution in [3.8, 4) is 0 Å². The van der Waals surface area contributed by atoms with Gasteiger partial charge in [-0.15, -0.1) is 5.10 Å². The lowest BCUT2D eigenvalue weighted by atomic mass is 10.0. The minimum atomic E-state index is -0.112. The minimum Gasteiger partial charge on any atom is -0.325 e. The Kier molecular flexibility index (Phi) is 5.05. The summed E-state index contributed by atoms with van der Waals surface area (Å²) in [6.45, 7) is 4.61. The first-order valence-electron chi connectivity index (χ1n) is 7.17. The van der Waals surface area contributed by atoms with E-state index < -0.39 is 0 Å². The third-order valence-electron chi connectivity index (χ3n) is 3.36. The number of aryl methyl sites for hydroxylation is 2. The highest BCUT2D eigenvalue weighted by molar-refractivity contribution is 5.92. The van der Waals surface area contributed by atoms with E-state index in [1.807, 2.05) is 18.2 Å². The van der Waals surface area contributed by atoms with E-state index in [4.69, 9.17) is 5.73 Å². The molecule has 6 heteroatoms. The van der Waals surface area contributed by atoms with Crippen LogP contribution in [0.4, 0.5) is 5.69 Å². The summed E-state index contributed by atoms with van der Waals surface area (Å²) < 4.78 is 1.50. The SMILES string of the molecule is CCc1cccc(CC)c1NC(=O)Cn1cc(CN)nn1. The summed E-state index contributed by atoms with van der Waals surface area (Å²) in [6, 6.07) is 6.10. The summed E-state index contributed by atoms with van der Waals surface area (Å²) in [5.41, 5.74) is 9.36. The largest absolute Gasteiger partial charge is 0.325 e. The Balaban J connectivity index is 2.12. The van der Waals surface area contributed by atoms with Crippen LogP contribution in [0.3, 0.4) is 0 Å². The second-order valence-electron chi connectivity index (χ2n) is 4.82. The molecule has 1 amide bonds. The second kappa shape index (κ2) is 6.99. The first-order valence-corrected chi connectivity index (χ1v) is 7.17. The molecule has 0 atom stereocenters. The number of amides is 1. The number of nitrogens with one attached hydrogen (secondary N) is 1. The summed E-state index contributed by atoms with van der Waals surface area (Å²) in [4.78, 5) is 12.2. The molecule has 0 bridgehead atoms. The second-order valence-corrected chi connectivity index (χ2v) is 4.82. The number of anilines is 1. The average molecular weight is 287 g/mol. The van der Waals surface area contributed by atoms with Crippen LogP contribution in [-0.2, 0) is 30.7 Å². The monoisotopic (exact) mass is 287 g/mol. The van der Waals surface area contributed by atoms with Gasteiger partial charge in [0.15, 0.2) is 0 Å².